The Kier molecular flexibility index (Phi) is 4.66. The maximum Gasteiger partial charge on any atom is 0.391 e. The summed E-state index contributed by atoms with van der Waals surface area (Å²) in [5.41, 5.74) is 0.583. The van der Waals surface area contributed by atoms with Gasteiger partial charge in [-0.15, -0.1) is 0 Å². The van der Waals surface area contributed by atoms with Crippen LogP contribution in [0.4, 0.5) is 13.2 Å². The maximum absolute atomic E-state index is 12.3. The second-order valence-corrected chi connectivity index (χ2v) is 4.85. The Labute approximate surface area is 106 Å². The van der Waals surface area contributed by atoms with Crippen molar-refractivity contribution >= 4 is 17.7 Å². The SMILES string of the molecule is Cc1cnc(SCC(=O)O)n1C(C)CC(F)(F)F. The van der Waals surface area contributed by atoms with Gasteiger partial charge in [-0.2, -0.15) is 13.2 Å². The predicted molar refractivity (Wildman–Crippen MR) is 60.7 cm³/mol. The molecule has 0 aromatic carbocycles. The molecule has 8 heteroatoms. The largest absolute Gasteiger partial charge is 0.481 e. The van der Waals surface area contributed by atoms with Gasteiger partial charge in [0, 0.05) is 17.9 Å². The third-order valence-electron chi connectivity index (χ3n) is 2.24. The van der Waals surface area contributed by atoms with E-state index in [-0.39, 0.29) is 5.75 Å². The number of nitrogens with zero attached hydrogens (tertiary/aromatic N) is 2. The van der Waals surface area contributed by atoms with Gasteiger partial charge in [-0.3, -0.25) is 4.79 Å². The lowest BCUT2D eigenvalue weighted by Crippen LogP contribution is -2.18. The van der Waals surface area contributed by atoms with E-state index in [1.54, 1.807) is 6.92 Å². The van der Waals surface area contributed by atoms with Crippen LogP contribution in [0.1, 0.15) is 25.1 Å². The zero-order valence-electron chi connectivity index (χ0n) is 9.86. The van der Waals surface area contributed by atoms with E-state index in [1.807, 2.05) is 0 Å². The molecule has 0 fully saturated rings. The summed E-state index contributed by atoms with van der Waals surface area (Å²) in [6.45, 7) is 3.08. The number of halogens is 3. The van der Waals surface area contributed by atoms with Crippen molar-refractivity contribution in [2.75, 3.05) is 5.75 Å². The molecule has 1 aromatic rings. The van der Waals surface area contributed by atoms with Gasteiger partial charge in [0.25, 0.3) is 0 Å². The fourth-order valence-electron chi connectivity index (χ4n) is 1.62. The Hall–Kier alpha value is -1.18. The van der Waals surface area contributed by atoms with E-state index >= 15 is 0 Å². The number of carboxylic acids is 1. The van der Waals surface area contributed by atoms with E-state index in [2.05, 4.69) is 4.98 Å². The van der Waals surface area contributed by atoms with Crippen LogP contribution in [0.25, 0.3) is 0 Å². The van der Waals surface area contributed by atoms with Gasteiger partial charge in [0.1, 0.15) is 0 Å². The third-order valence-corrected chi connectivity index (χ3v) is 3.19. The van der Waals surface area contributed by atoms with Crippen molar-refractivity contribution in [3.05, 3.63) is 11.9 Å². The lowest BCUT2D eigenvalue weighted by atomic mass is 10.2. The fourth-order valence-corrected chi connectivity index (χ4v) is 2.46. The average molecular weight is 282 g/mol. The molecular formula is C10H13F3N2O2S. The van der Waals surface area contributed by atoms with Gasteiger partial charge >= 0.3 is 12.1 Å². The molecule has 0 radical (unpaired) electrons. The van der Waals surface area contributed by atoms with Crippen molar-refractivity contribution < 1.29 is 23.1 Å². The molecule has 1 atom stereocenters. The van der Waals surface area contributed by atoms with Crippen LogP contribution in [0.2, 0.25) is 0 Å². The lowest BCUT2D eigenvalue weighted by molar-refractivity contribution is -0.142. The molecule has 0 spiro atoms. The highest BCUT2D eigenvalue weighted by molar-refractivity contribution is 7.99. The number of alkyl halides is 3. The summed E-state index contributed by atoms with van der Waals surface area (Å²) in [5.74, 6) is -1.26. The highest BCUT2D eigenvalue weighted by atomic mass is 32.2. The fraction of sp³-hybridized carbons (Fsp3) is 0.600. The van der Waals surface area contributed by atoms with Crippen LogP contribution in [0.5, 0.6) is 0 Å². The number of carbonyl (C=O) groups is 1. The summed E-state index contributed by atoms with van der Waals surface area (Å²) in [7, 11) is 0. The average Bonchev–Trinajstić information content (AvgIpc) is 2.53. The Morgan fingerprint density at radius 2 is 2.22 bits per heavy atom. The van der Waals surface area contributed by atoms with E-state index in [0.29, 0.717) is 10.9 Å². The van der Waals surface area contributed by atoms with Gasteiger partial charge in [-0.25, -0.2) is 4.98 Å². The molecule has 0 aliphatic carbocycles. The van der Waals surface area contributed by atoms with Crippen molar-refractivity contribution in [2.45, 2.75) is 37.6 Å². The van der Waals surface area contributed by atoms with E-state index in [0.717, 1.165) is 11.8 Å². The van der Waals surface area contributed by atoms with Gasteiger partial charge < -0.3 is 9.67 Å². The molecule has 18 heavy (non-hydrogen) atoms. The van der Waals surface area contributed by atoms with Gasteiger partial charge in [0.2, 0.25) is 0 Å². The first-order valence-electron chi connectivity index (χ1n) is 5.16. The van der Waals surface area contributed by atoms with Crippen molar-refractivity contribution in [3.63, 3.8) is 0 Å². The summed E-state index contributed by atoms with van der Waals surface area (Å²) >= 11 is 0.915. The van der Waals surface area contributed by atoms with Gasteiger partial charge in [-0.05, 0) is 13.8 Å². The number of carboxylic acid groups (broad SMARTS) is 1. The van der Waals surface area contributed by atoms with E-state index < -0.39 is 24.6 Å². The molecule has 4 nitrogen and oxygen atoms in total. The molecule has 0 bridgehead atoms. The summed E-state index contributed by atoms with van der Waals surface area (Å²) in [4.78, 5) is 14.4. The summed E-state index contributed by atoms with van der Waals surface area (Å²) in [6.07, 6.45) is -3.78. The number of aliphatic carboxylic acids is 1. The van der Waals surface area contributed by atoms with Crippen molar-refractivity contribution in [1.29, 1.82) is 0 Å². The third kappa shape index (κ3) is 4.25. The number of thioether (sulfide) groups is 1. The maximum atomic E-state index is 12.3. The van der Waals surface area contributed by atoms with Crippen molar-refractivity contribution in [2.24, 2.45) is 0 Å². The quantitative estimate of drug-likeness (QED) is 0.844. The zero-order valence-corrected chi connectivity index (χ0v) is 10.7. The zero-order chi connectivity index (χ0) is 13.9. The van der Waals surface area contributed by atoms with Crippen LogP contribution < -0.4 is 0 Å². The molecule has 1 heterocycles. The van der Waals surface area contributed by atoms with Crippen LogP contribution in [-0.2, 0) is 4.79 Å². The number of hydrogen-bond acceptors (Lipinski definition) is 3. The smallest absolute Gasteiger partial charge is 0.391 e. The highest BCUT2D eigenvalue weighted by Gasteiger charge is 2.31. The van der Waals surface area contributed by atoms with E-state index in [9.17, 15) is 18.0 Å². The first-order chi connectivity index (χ1) is 8.20. The van der Waals surface area contributed by atoms with Crippen LogP contribution in [0, 0.1) is 6.92 Å². The molecule has 0 saturated carbocycles. The number of hydrogen-bond donors (Lipinski definition) is 1. The second kappa shape index (κ2) is 5.64. The predicted octanol–water partition coefficient (Wildman–Crippen LogP) is 2.88. The van der Waals surface area contributed by atoms with Gasteiger partial charge in [-0.1, -0.05) is 11.8 Å². The molecule has 0 aliphatic rings. The van der Waals surface area contributed by atoms with Crippen molar-refractivity contribution in [3.8, 4) is 0 Å². The molecule has 1 unspecified atom stereocenters. The molecule has 1 rings (SSSR count). The normalized spacial score (nSPS) is 13.6. The van der Waals surface area contributed by atoms with Crippen LogP contribution in [0.3, 0.4) is 0 Å². The Bertz CT molecular complexity index is 431. The molecular weight excluding hydrogens is 269 g/mol. The van der Waals surface area contributed by atoms with E-state index in [4.69, 9.17) is 5.11 Å². The molecule has 0 amide bonds. The van der Waals surface area contributed by atoms with Gasteiger partial charge in [0.05, 0.1) is 12.2 Å². The van der Waals surface area contributed by atoms with Crippen LogP contribution >= 0.6 is 11.8 Å². The lowest BCUT2D eigenvalue weighted by Gasteiger charge is -2.19. The Morgan fingerprint density at radius 3 is 2.72 bits per heavy atom. The Balaban J connectivity index is 2.86. The van der Waals surface area contributed by atoms with E-state index in [1.165, 1.54) is 17.7 Å². The minimum atomic E-state index is -4.26. The Morgan fingerprint density at radius 1 is 1.61 bits per heavy atom. The number of imidazole rings is 1. The highest BCUT2D eigenvalue weighted by Crippen LogP contribution is 2.31. The topological polar surface area (TPSA) is 55.1 Å². The molecule has 0 saturated heterocycles. The first kappa shape index (κ1) is 14.9. The first-order valence-corrected chi connectivity index (χ1v) is 6.14. The molecule has 1 aromatic heterocycles. The molecule has 0 aliphatic heterocycles. The van der Waals surface area contributed by atoms with Crippen LogP contribution in [0.15, 0.2) is 11.4 Å². The number of rotatable bonds is 5. The van der Waals surface area contributed by atoms with Crippen LogP contribution in [-0.4, -0.2) is 32.6 Å². The second-order valence-electron chi connectivity index (χ2n) is 3.90. The molecule has 1 N–H and O–H groups in total. The van der Waals surface area contributed by atoms with Crippen molar-refractivity contribution in [1.82, 2.24) is 9.55 Å². The monoisotopic (exact) mass is 282 g/mol. The summed E-state index contributed by atoms with van der Waals surface area (Å²) in [5, 5.41) is 8.86. The minimum absolute atomic E-state index is 0.227. The summed E-state index contributed by atoms with van der Waals surface area (Å²) in [6, 6.07) is -0.802. The number of aromatic nitrogens is 2. The van der Waals surface area contributed by atoms with Gasteiger partial charge in [0.15, 0.2) is 5.16 Å². The summed E-state index contributed by atoms with van der Waals surface area (Å²) < 4.78 is 38.4. The number of aryl methyl sites for hydroxylation is 1. The molecule has 102 valence electrons. The standard InChI is InChI=1S/C10H13F3N2O2S/c1-6(3-10(11,12)13)15-7(2)4-14-9(15)18-5-8(16)17/h4,6H,3,5H2,1-2H3,(H,16,17). The minimum Gasteiger partial charge on any atom is -0.481 e.